The number of nitrogens with one attached hydrogen (secondary N) is 1. The monoisotopic (exact) mass is 307 g/mol. The number of hydrogen-bond acceptors (Lipinski definition) is 2. The van der Waals surface area contributed by atoms with Gasteiger partial charge >= 0.3 is 5.76 Å². The zero-order chi connectivity index (χ0) is 11.9. The van der Waals surface area contributed by atoms with Crippen LogP contribution in [0.5, 0.6) is 0 Å². The number of sulfonamides is 1. The van der Waals surface area contributed by atoms with Gasteiger partial charge in [0, 0.05) is 11.9 Å². The molecule has 1 atom stereocenters. The standard InChI is InChI=1S/C8H16BrF2NO2S/c1-2-3-7(4-5-9)6-12-15(13,14)8(10)11/h7-8,12H,2-6H2,1H3. The summed E-state index contributed by atoms with van der Waals surface area (Å²) in [5, 5.41) is 0.744. The molecule has 15 heavy (non-hydrogen) atoms. The largest absolute Gasteiger partial charge is 0.350 e. The van der Waals surface area contributed by atoms with Gasteiger partial charge in [-0.05, 0) is 18.8 Å². The Morgan fingerprint density at radius 2 is 1.93 bits per heavy atom. The van der Waals surface area contributed by atoms with Crippen LogP contribution in [-0.4, -0.2) is 26.1 Å². The minimum Gasteiger partial charge on any atom is -0.210 e. The average molecular weight is 308 g/mol. The molecule has 0 aliphatic rings. The lowest BCUT2D eigenvalue weighted by molar-refractivity contribution is 0.231. The first-order valence-electron chi connectivity index (χ1n) is 4.76. The molecule has 0 aliphatic carbocycles. The van der Waals surface area contributed by atoms with Gasteiger partial charge in [0.15, 0.2) is 0 Å². The predicted molar refractivity (Wildman–Crippen MR) is 59.7 cm³/mol. The summed E-state index contributed by atoms with van der Waals surface area (Å²) in [5.74, 6) is -3.23. The van der Waals surface area contributed by atoms with Gasteiger partial charge in [0.25, 0.3) is 10.0 Å². The Morgan fingerprint density at radius 1 is 1.33 bits per heavy atom. The van der Waals surface area contributed by atoms with Crippen LogP contribution in [0.4, 0.5) is 8.78 Å². The maximum Gasteiger partial charge on any atom is 0.350 e. The predicted octanol–water partition coefficient (Wildman–Crippen LogP) is 2.33. The van der Waals surface area contributed by atoms with Crippen molar-refractivity contribution in [1.82, 2.24) is 4.72 Å². The molecule has 0 fully saturated rings. The van der Waals surface area contributed by atoms with Crippen molar-refractivity contribution in [2.24, 2.45) is 5.92 Å². The average Bonchev–Trinajstić information content (AvgIpc) is 2.15. The molecule has 7 heteroatoms. The van der Waals surface area contributed by atoms with Gasteiger partial charge in [0.1, 0.15) is 0 Å². The van der Waals surface area contributed by atoms with Gasteiger partial charge < -0.3 is 0 Å². The third-order valence-corrected chi connectivity index (χ3v) is 3.52. The smallest absolute Gasteiger partial charge is 0.210 e. The van der Waals surface area contributed by atoms with Crippen LogP contribution >= 0.6 is 15.9 Å². The Bertz CT molecular complexity index is 253. The van der Waals surface area contributed by atoms with Crippen molar-refractivity contribution in [3.63, 3.8) is 0 Å². The van der Waals surface area contributed by atoms with Gasteiger partial charge in [-0.1, -0.05) is 29.3 Å². The molecular weight excluding hydrogens is 292 g/mol. The molecule has 0 aromatic carbocycles. The normalized spacial score (nSPS) is 14.5. The summed E-state index contributed by atoms with van der Waals surface area (Å²) in [5.41, 5.74) is 0. The van der Waals surface area contributed by atoms with E-state index in [2.05, 4.69) is 15.9 Å². The molecule has 1 N–H and O–H groups in total. The van der Waals surface area contributed by atoms with E-state index >= 15 is 0 Å². The molecule has 0 amide bonds. The fourth-order valence-electron chi connectivity index (χ4n) is 1.21. The molecule has 0 spiro atoms. The summed E-state index contributed by atoms with van der Waals surface area (Å²) < 4.78 is 47.4. The van der Waals surface area contributed by atoms with E-state index < -0.39 is 15.8 Å². The summed E-state index contributed by atoms with van der Waals surface area (Å²) in [7, 11) is -4.43. The Hall–Kier alpha value is 0.250. The van der Waals surface area contributed by atoms with Crippen LogP contribution in [0.1, 0.15) is 26.2 Å². The third kappa shape index (κ3) is 6.42. The zero-order valence-electron chi connectivity index (χ0n) is 8.55. The van der Waals surface area contributed by atoms with Crippen molar-refractivity contribution in [1.29, 1.82) is 0 Å². The fourth-order valence-corrected chi connectivity index (χ4v) is 2.45. The van der Waals surface area contributed by atoms with Gasteiger partial charge in [-0.15, -0.1) is 0 Å². The van der Waals surface area contributed by atoms with Gasteiger partial charge in [-0.3, -0.25) is 0 Å². The van der Waals surface area contributed by atoms with Crippen LogP contribution in [0.25, 0.3) is 0 Å². The highest BCUT2D eigenvalue weighted by molar-refractivity contribution is 9.09. The van der Waals surface area contributed by atoms with E-state index in [0.717, 1.165) is 24.6 Å². The lowest BCUT2D eigenvalue weighted by Gasteiger charge is -2.15. The lowest BCUT2D eigenvalue weighted by atomic mass is 10.0. The lowest BCUT2D eigenvalue weighted by Crippen LogP contribution is -2.33. The summed E-state index contributed by atoms with van der Waals surface area (Å²) in [4.78, 5) is 0. The molecule has 92 valence electrons. The summed E-state index contributed by atoms with van der Waals surface area (Å²) in [6, 6.07) is 0. The molecule has 0 aromatic rings. The SMILES string of the molecule is CCCC(CCBr)CNS(=O)(=O)C(F)F. The van der Waals surface area contributed by atoms with Crippen LogP contribution in [-0.2, 0) is 10.0 Å². The quantitative estimate of drug-likeness (QED) is 0.700. The Balaban J connectivity index is 4.09. The Kier molecular flexibility index (Phi) is 7.64. The topological polar surface area (TPSA) is 46.2 Å². The first-order valence-corrected chi connectivity index (χ1v) is 7.43. The highest BCUT2D eigenvalue weighted by Crippen LogP contribution is 2.13. The van der Waals surface area contributed by atoms with Crippen molar-refractivity contribution in [3.8, 4) is 0 Å². The summed E-state index contributed by atoms with van der Waals surface area (Å²) in [6.45, 7) is 2.06. The van der Waals surface area contributed by atoms with E-state index in [-0.39, 0.29) is 12.5 Å². The molecule has 0 bridgehead atoms. The van der Waals surface area contributed by atoms with Crippen molar-refractivity contribution >= 4 is 26.0 Å². The van der Waals surface area contributed by atoms with Crippen molar-refractivity contribution < 1.29 is 17.2 Å². The number of hydrogen-bond donors (Lipinski definition) is 1. The summed E-state index contributed by atoms with van der Waals surface area (Å²) >= 11 is 3.24. The van der Waals surface area contributed by atoms with Crippen LogP contribution in [0, 0.1) is 5.92 Å². The van der Waals surface area contributed by atoms with Crippen LogP contribution in [0.3, 0.4) is 0 Å². The molecule has 1 unspecified atom stereocenters. The first kappa shape index (κ1) is 15.2. The van der Waals surface area contributed by atoms with Gasteiger partial charge in [0.05, 0.1) is 0 Å². The molecule has 0 radical (unpaired) electrons. The molecule has 0 aromatic heterocycles. The molecule has 0 saturated carbocycles. The molecule has 0 saturated heterocycles. The number of rotatable bonds is 8. The van der Waals surface area contributed by atoms with Crippen molar-refractivity contribution in [3.05, 3.63) is 0 Å². The minimum atomic E-state index is -4.43. The van der Waals surface area contributed by atoms with Crippen LogP contribution < -0.4 is 4.72 Å². The third-order valence-electron chi connectivity index (χ3n) is 2.02. The maximum absolute atomic E-state index is 12.0. The van der Waals surface area contributed by atoms with Crippen LogP contribution in [0.2, 0.25) is 0 Å². The highest BCUT2D eigenvalue weighted by Gasteiger charge is 2.24. The maximum atomic E-state index is 12.0. The zero-order valence-corrected chi connectivity index (χ0v) is 11.0. The molecule has 0 heterocycles. The second-order valence-corrected chi connectivity index (χ2v) is 5.81. The molecule has 0 rings (SSSR count). The van der Waals surface area contributed by atoms with Crippen molar-refractivity contribution in [2.45, 2.75) is 31.9 Å². The second-order valence-electron chi connectivity index (χ2n) is 3.29. The van der Waals surface area contributed by atoms with Crippen molar-refractivity contribution in [2.75, 3.05) is 11.9 Å². The van der Waals surface area contributed by atoms with E-state index in [0.29, 0.717) is 0 Å². The molecule has 3 nitrogen and oxygen atoms in total. The minimum absolute atomic E-state index is 0.0894. The van der Waals surface area contributed by atoms with E-state index in [1.807, 2.05) is 11.6 Å². The number of halogens is 3. The Labute approximate surface area is 97.8 Å². The fraction of sp³-hybridized carbons (Fsp3) is 1.00. The molecule has 0 aliphatic heterocycles. The van der Waals surface area contributed by atoms with Gasteiger partial charge in [-0.25, -0.2) is 13.1 Å². The second kappa shape index (κ2) is 7.51. The number of alkyl halides is 3. The first-order chi connectivity index (χ1) is 6.94. The van der Waals surface area contributed by atoms with E-state index in [4.69, 9.17) is 0 Å². The van der Waals surface area contributed by atoms with Gasteiger partial charge in [0.2, 0.25) is 0 Å². The summed E-state index contributed by atoms with van der Waals surface area (Å²) in [6.07, 6.45) is 2.52. The van der Waals surface area contributed by atoms with Gasteiger partial charge in [-0.2, -0.15) is 8.78 Å². The Morgan fingerprint density at radius 3 is 2.33 bits per heavy atom. The highest BCUT2D eigenvalue weighted by atomic mass is 79.9. The van der Waals surface area contributed by atoms with E-state index in [9.17, 15) is 17.2 Å². The molecular formula is C8H16BrF2NO2S. The van der Waals surface area contributed by atoms with Crippen LogP contribution in [0.15, 0.2) is 0 Å². The van der Waals surface area contributed by atoms with E-state index in [1.54, 1.807) is 0 Å². The van der Waals surface area contributed by atoms with E-state index in [1.165, 1.54) is 0 Å².